The molecule has 0 saturated carbocycles. The summed E-state index contributed by atoms with van der Waals surface area (Å²) in [5.41, 5.74) is 5.30. The lowest BCUT2D eigenvalue weighted by Crippen LogP contribution is -2.38. The molecule has 3 aromatic heterocycles. The van der Waals surface area contributed by atoms with Gasteiger partial charge in [-0.1, -0.05) is 0 Å². The molecule has 0 atom stereocenters. The Morgan fingerprint density at radius 1 is 1.14 bits per heavy atom. The minimum absolute atomic E-state index is 0.202. The maximum atomic E-state index is 12.7. The third kappa shape index (κ3) is 4.34. The van der Waals surface area contributed by atoms with Gasteiger partial charge < -0.3 is 4.90 Å². The van der Waals surface area contributed by atoms with Crippen molar-refractivity contribution >= 4 is 5.91 Å². The van der Waals surface area contributed by atoms with Crippen LogP contribution in [0.1, 0.15) is 42.3 Å². The van der Waals surface area contributed by atoms with Crippen molar-refractivity contribution in [3.05, 3.63) is 60.2 Å². The lowest BCUT2D eigenvalue weighted by Gasteiger charge is -2.32. The summed E-state index contributed by atoms with van der Waals surface area (Å²) in [5.74, 6) is 0.536. The Morgan fingerprint density at radius 2 is 1.90 bits per heavy atom. The highest BCUT2D eigenvalue weighted by Gasteiger charge is 2.26. The highest BCUT2D eigenvalue weighted by Crippen LogP contribution is 2.33. The summed E-state index contributed by atoms with van der Waals surface area (Å²) >= 11 is 0. The van der Waals surface area contributed by atoms with Crippen LogP contribution < -0.4 is 0 Å². The number of hydrogen-bond acceptors (Lipinski definition) is 5. The Morgan fingerprint density at radius 3 is 2.59 bits per heavy atom. The summed E-state index contributed by atoms with van der Waals surface area (Å²) in [5, 5.41) is 4.44. The molecule has 0 spiro atoms. The predicted octanol–water partition coefficient (Wildman–Crippen LogP) is 3.15. The zero-order valence-electron chi connectivity index (χ0n) is 17.0. The van der Waals surface area contributed by atoms with Crippen LogP contribution >= 0.6 is 0 Å². The molecule has 0 N–H and O–H groups in total. The van der Waals surface area contributed by atoms with Crippen LogP contribution in [0.15, 0.2) is 43.1 Å². The van der Waals surface area contributed by atoms with Crippen LogP contribution in [-0.2, 0) is 11.3 Å². The molecule has 0 unspecified atom stereocenters. The molecule has 3 aromatic rings. The number of aryl methyl sites for hydroxylation is 3. The van der Waals surface area contributed by atoms with E-state index >= 15 is 0 Å². The average molecular weight is 390 g/mol. The van der Waals surface area contributed by atoms with Gasteiger partial charge in [-0.3, -0.25) is 14.5 Å². The number of carbonyl (C=O) groups is 1. The van der Waals surface area contributed by atoms with Gasteiger partial charge in [-0.25, -0.2) is 9.97 Å². The van der Waals surface area contributed by atoms with Crippen molar-refractivity contribution in [2.75, 3.05) is 13.1 Å². The maximum absolute atomic E-state index is 12.7. The lowest BCUT2D eigenvalue weighted by molar-refractivity contribution is -0.132. The fourth-order valence-corrected chi connectivity index (χ4v) is 4.08. The van der Waals surface area contributed by atoms with Crippen molar-refractivity contribution < 1.29 is 4.79 Å². The van der Waals surface area contributed by atoms with Gasteiger partial charge in [0.2, 0.25) is 5.91 Å². The van der Waals surface area contributed by atoms with E-state index in [1.54, 1.807) is 18.7 Å². The molecular formula is C22H26N6O. The normalized spacial score (nSPS) is 14.9. The highest BCUT2D eigenvalue weighted by molar-refractivity contribution is 5.76. The Hall–Kier alpha value is -3.09. The number of amides is 1. The SMILES string of the molecule is Cc1cc(C)n(CCC(=O)N2CCC(c3ncncc3-c3ccncc3)CC2)n1. The number of likely N-dealkylation sites (tertiary alicyclic amines) is 1. The molecule has 1 amide bonds. The minimum atomic E-state index is 0.202. The number of hydrogen-bond donors (Lipinski definition) is 0. The molecule has 0 radical (unpaired) electrons. The lowest BCUT2D eigenvalue weighted by atomic mass is 9.89. The first kappa shape index (κ1) is 19.2. The van der Waals surface area contributed by atoms with E-state index in [-0.39, 0.29) is 5.91 Å². The quantitative estimate of drug-likeness (QED) is 0.669. The molecular weight excluding hydrogens is 364 g/mol. The average Bonchev–Trinajstić information content (AvgIpc) is 3.09. The van der Waals surface area contributed by atoms with E-state index in [2.05, 4.69) is 20.1 Å². The molecule has 150 valence electrons. The van der Waals surface area contributed by atoms with E-state index in [1.165, 1.54) is 0 Å². The van der Waals surface area contributed by atoms with E-state index in [1.807, 2.05) is 47.8 Å². The summed E-state index contributed by atoms with van der Waals surface area (Å²) in [6.45, 7) is 6.17. The Balaban J connectivity index is 1.37. The largest absolute Gasteiger partial charge is 0.343 e. The Kier molecular flexibility index (Phi) is 5.64. The number of piperidine rings is 1. The van der Waals surface area contributed by atoms with Crippen LogP contribution in [0.5, 0.6) is 0 Å². The molecule has 0 bridgehead atoms. The second-order valence-electron chi connectivity index (χ2n) is 7.61. The molecule has 29 heavy (non-hydrogen) atoms. The Bertz CT molecular complexity index is 976. The number of nitrogens with zero attached hydrogens (tertiary/aromatic N) is 6. The standard InChI is InChI=1S/C22H26N6O/c1-16-13-17(2)28(26-16)12-7-21(29)27-10-5-19(6-11-27)22-20(14-24-15-25-22)18-3-8-23-9-4-18/h3-4,8-9,13-15,19H,5-7,10-12H2,1-2H3. The molecule has 4 rings (SSSR count). The van der Waals surface area contributed by atoms with Crippen LogP contribution in [0, 0.1) is 13.8 Å². The molecule has 1 aliphatic heterocycles. The van der Waals surface area contributed by atoms with E-state index in [0.717, 1.165) is 54.1 Å². The summed E-state index contributed by atoms with van der Waals surface area (Å²) in [4.78, 5) is 27.6. The molecule has 0 aromatic carbocycles. The van der Waals surface area contributed by atoms with Crippen molar-refractivity contribution in [2.45, 2.75) is 45.6 Å². The van der Waals surface area contributed by atoms with Crippen molar-refractivity contribution in [3.63, 3.8) is 0 Å². The smallest absolute Gasteiger partial charge is 0.224 e. The van der Waals surface area contributed by atoms with Gasteiger partial charge in [0.1, 0.15) is 6.33 Å². The zero-order chi connectivity index (χ0) is 20.2. The third-order valence-electron chi connectivity index (χ3n) is 5.61. The van der Waals surface area contributed by atoms with E-state index < -0.39 is 0 Å². The summed E-state index contributed by atoms with van der Waals surface area (Å²) in [6, 6.07) is 6.01. The monoisotopic (exact) mass is 390 g/mol. The van der Waals surface area contributed by atoms with Gasteiger partial charge in [-0.05, 0) is 50.5 Å². The van der Waals surface area contributed by atoms with Crippen LogP contribution in [-0.4, -0.2) is 48.6 Å². The number of aromatic nitrogens is 5. The topological polar surface area (TPSA) is 76.8 Å². The summed E-state index contributed by atoms with van der Waals surface area (Å²) < 4.78 is 1.92. The third-order valence-corrected chi connectivity index (χ3v) is 5.61. The number of rotatable bonds is 5. The second-order valence-corrected chi connectivity index (χ2v) is 7.61. The zero-order valence-corrected chi connectivity index (χ0v) is 17.0. The second kappa shape index (κ2) is 8.51. The van der Waals surface area contributed by atoms with Crippen molar-refractivity contribution in [2.24, 2.45) is 0 Å². The van der Waals surface area contributed by atoms with E-state index in [0.29, 0.717) is 18.9 Å². The van der Waals surface area contributed by atoms with E-state index in [9.17, 15) is 4.79 Å². The van der Waals surface area contributed by atoms with Gasteiger partial charge in [0.05, 0.1) is 11.4 Å². The molecule has 0 aliphatic carbocycles. The molecule has 7 heteroatoms. The van der Waals surface area contributed by atoms with Crippen molar-refractivity contribution in [3.8, 4) is 11.1 Å². The Labute approximate surface area is 170 Å². The fraction of sp³-hybridized carbons (Fsp3) is 0.409. The summed E-state index contributed by atoms with van der Waals surface area (Å²) in [6.07, 6.45) is 9.39. The predicted molar refractivity (Wildman–Crippen MR) is 110 cm³/mol. The molecule has 7 nitrogen and oxygen atoms in total. The van der Waals surface area contributed by atoms with Gasteiger partial charge in [0.15, 0.2) is 0 Å². The first-order chi connectivity index (χ1) is 14.1. The van der Waals surface area contributed by atoms with Crippen molar-refractivity contribution in [1.29, 1.82) is 0 Å². The number of carbonyl (C=O) groups excluding carboxylic acids is 1. The van der Waals surface area contributed by atoms with Crippen LogP contribution in [0.4, 0.5) is 0 Å². The van der Waals surface area contributed by atoms with Crippen LogP contribution in [0.25, 0.3) is 11.1 Å². The van der Waals surface area contributed by atoms with Gasteiger partial charge in [-0.15, -0.1) is 0 Å². The van der Waals surface area contributed by atoms with Crippen molar-refractivity contribution in [1.82, 2.24) is 29.6 Å². The van der Waals surface area contributed by atoms with Gasteiger partial charge in [-0.2, -0.15) is 5.10 Å². The fourth-order valence-electron chi connectivity index (χ4n) is 4.08. The first-order valence-corrected chi connectivity index (χ1v) is 10.1. The highest BCUT2D eigenvalue weighted by atomic mass is 16.2. The molecule has 1 saturated heterocycles. The van der Waals surface area contributed by atoms with Gasteiger partial charge >= 0.3 is 0 Å². The molecule has 1 aliphatic rings. The van der Waals surface area contributed by atoms with Crippen LogP contribution in [0.2, 0.25) is 0 Å². The molecule has 4 heterocycles. The van der Waals surface area contributed by atoms with Crippen LogP contribution in [0.3, 0.4) is 0 Å². The van der Waals surface area contributed by atoms with Gasteiger partial charge in [0.25, 0.3) is 0 Å². The van der Waals surface area contributed by atoms with Gasteiger partial charge in [0, 0.05) is 61.8 Å². The molecule has 1 fully saturated rings. The van der Waals surface area contributed by atoms with E-state index in [4.69, 9.17) is 0 Å². The maximum Gasteiger partial charge on any atom is 0.224 e. The summed E-state index contributed by atoms with van der Waals surface area (Å²) in [7, 11) is 0. The number of pyridine rings is 1. The first-order valence-electron chi connectivity index (χ1n) is 10.1. The minimum Gasteiger partial charge on any atom is -0.343 e.